The van der Waals surface area contributed by atoms with Gasteiger partial charge in [0.2, 0.25) is 5.91 Å². The molecule has 2 aliphatic rings. The number of allylic oxidation sites excluding steroid dienone is 1. The van der Waals surface area contributed by atoms with Crippen molar-refractivity contribution in [2.24, 2.45) is 0 Å². The fourth-order valence-corrected chi connectivity index (χ4v) is 3.93. The number of rotatable bonds is 6. The Bertz CT molecular complexity index is 842. The second kappa shape index (κ2) is 11.6. The molecule has 5 heteroatoms. The second-order valence-corrected chi connectivity index (χ2v) is 7.85. The van der Waals surface area contributed by atoms with Crippen molar-refractivity contribution in [1.82, 2.24) is 4.90 Å². The van der Waals surface area contributed by atoms with E-state index in [0.29, 0.717) is 13.0 Å². The van der Waals surface area contributed by atoms with Crippen LogP contribution in [0.25, 0.3) is 0 Å². The third kappa shape index (κ3) is 6.11. The molecule has 5 nitrogen and oxygen atoms in total. The highest BCUT2D eigenvalue weighted by molar-refractivity contribution is 5.77. The van der Waals surface area contributed by atoms with Gasteiger partial charge in [-0.05, 0) is 41.8 Å². The van der Waals surface area contributed by atoms with Gasteiger partial charge < -0.3 is 19.3 Å². The van der Waals surface area contributed by atoms with E-state index in [0.717, 1.165) is 43.9 Å². The Kier molecular flexibility index (Phi) is 8.53. The molecule has 1 unspecified atom stereocenters. The minimum absolute atomic E-state index is 0.0988. The lowest BCUT2D eigenvalue weighted by molar-refractivity contribution is -0.134. The van der Waals surface area contributed by atoms with Crippen molar-refractivity contribution < 1.29 is 14.3 Å². The topological polar surface area (TPSA) is 42.0 Å². The summed E-state index contributed by atoms with van der Waals surface area (Å²) in [4.78, 5) is 17.0. The summed E-state index contributed by atoms with van der Waals surface area (Å²) in [6.45, 7) is 9.49. The highest BCUT2D eigenvalue weighted by Gasteiger charge is 2.28. The van der Waals surface area contributed by atoms with Crippen molar-refractivity contribution in [3.8, 4) is 5.75 Å². The molecule has 0 radical (unpaired) electrons. The third-order valence-electron chi connectivity index (χ3n) is 5.76. The standard InChI is InChI=1S/C21H24N2O3.C5H10/c1-25-18-8-6-17(7-9-18)22-10-12-23(13-11-22)21(24)14-20-19-5-3-2-4-16(19)15-26-20;1-3-5-4-2/h2-9,20H,10-15H2,1H3;3H,1,4-5H2,2H3. The van der Waals surface area contributed by atoms with Crippen molar-refractivity contribution in [2.75, 3.05) is 38.2 Å². The molecule has 166 valence electrons. The first kappa shape index (κ1) is 22.9. The number of hydrogen-bond acceptors (Lipinski definition) is 4. The lowest BCUT2D eigenvalue weighted by Gasteiger charge is -2.36. The van der Waals surface area contributed by atoms with E-state index in [1.807, 2.05) is 35.2 Å². The van der Waals surface area contributed by atoms with Gasteiger partial charge >= 0.3 is 0 Å². The van der Waals surface area contributed by atoms with E-state index in [-0.39, 0.29) is 12.0 Å². The molecule has 1 amide bonds. The van der Waals surface area contributed by atoms with E-state index in [4.69, 9.17) is 9.47 Å². The molecule has 1 saturated heterocycles. The minimum Gasteiger partial charge on any atom is -0.497 e. The minimum atomic E-state index is -0.0988. The summed E-state index contributed by atoms with van der Waals surface area (Å²) < 4.78 is 11.0. The Labute approximate surface area is 186 Å². The summed E-state index contributed by atoms with van der Waals surface area (Å²) in [5.41, 5.74) is 3.54. The summed E-state index contributed by atoms with van der Waals surface area (Å²) in [6.07, 6.45) is 4.64. The number of unbranched alkanes of at least 4 members (excludes halogenated alkanes) is 1. The van der Waals surface area contributed by atoms with Crippen LogP contribution in [0.4, 0.5) is 5.69 Å². The van der Waals surface area contributed by atoms with Gasteiger partial charge in [-0.15, -0.1) is 6.58 Å². The fourth-order valence-electron chi connectivity index (χ4n) is 3.93. The molecule has 0 aromatic heterocycles. The van der Waals surface area contributed by atoms with Gasteiger partial charge in [-0.1, -0.05) is 43.7 Å². The maximum atomic E-state index is 12.7. The molecule has 2 heterocycles. The second-order valence-electron chi connectivity index (χ2n) is 7.85. The van der Waals surface area contributed by atoms with Crippen molar-refractivity contribution in [3.63, 3.8) is 0 Å². The molecule has 2 aliphatic heterocycles. The van der Waals surface area contributed by atoms with E-state index in [2.05, 4.69) is 42.7 Å². The van der Waals surface area contributed by atoms with Gasteiger partial charge in [-0.3, -0.25) is 4.79 Å². The predicted molar refractivity (Wildman–Crippen MR) is 125 cm³/mol. The molecule has 1 fully saturated rings. The predicted octanol–water partition coefficient (Wildman–Crippen LogP) is 4.98. The molecule has 1 atom stereocenters. The zero-order valence-electron chi connectivity index (χ0n) is 18.8. The Hall–Kier alpha value is -2.79. The summed E-state index contributed by atoms with van der Waals surface area (Å²) in [6, 6.07) is 16.3. The molecule has 0 N–H and O–H groups in total. The van der Waals surface area contributed by atoms with Crippen LogP contribution in [0.1, 0.15) is 43.4 Å². The summed E-state index contributed by atoms with van der Waals surface area (Å²) in [7, 11) is 1.67. The summed E-state index contributed by atoms with van der Waals surface area (Å²) in [5, 5.41) is 0. The van der Waals surface area contributed by atoms with Gasteiger partial charge in [-0.2, -0.15) is 0 Å². The molecule has 4 rings (SSSR count). The number of carbonyl (C=O) groups excluding carboxylic acids is 1. The van der Waals surface area contributed by atoms with Crippen molar-refractivity contribution >= 4 is 11.6 Å². The zero-order valence-corrected chi connectivity index (χ0v) is 18.8. The molecule has 2 aromatic rings. The number of hydrogen-bond donors (Lipinski definition) is 0. The average molecular weight is 423 g/mol. The number of piperazine rings is 1. The monoisotopic (exact) mass is 422 g/mol. The molecule has 31 heavy (non-hydrogen) atoms. The molecular formula is C26H34N2O3. The lowest BCUT2D eigenvalue weighted by atomic mass is 10.0. The normalized spacial score (nSPS) is 17.4. The van der Waals surface area contributed by atoms with E-state index in [1.165, 1.54) is 17.7 Å². The number of methoxy groups -OCH3 is 1. The van der Waals surface area contributed by atoms with Crippen LogP contribution < -0.4 is 9.64 Å². The zero-order chi connectivity index (χ0) is 22.1. The summed E-state index contributed by atoms with van der Waals surface area (Å²) in [5.74, 6) is 1.04. The first-order valence-electron chi connectivity index (χ1n) is 11.1. The summed E-state index contributed by atoms with van der Waals surface area (Å²) >= 11 is 0. The molecule has 0 bridgehead atoms. The third-order valence-corrected chi connectivity index (χ3v) is 5.76. The number of amides is 1. The van der Waals surface area contributed by atoms with Crippen LogP contribution in [-0.2, 0) is 16.1 Å². The largest absolute Gasteiger partial charge is 0.497 e. The van der Waals surface area contributed by atoms with E-state index in [9.17, 15) is 4.79 Å². The van der Waals surface area contributed by atoms with Crippen molar-refractivity contribution in [2.45, 2.75) is 38.9 Å². The maximum Gasteiger partial charge on any atom is 0.225 e. The number of benzene rings is 2. The fraction of sp³-hybridized carbons (Fsp3) is 0.423. The van der Waals surface area contributed by atoms with Crippen LogP contribution in [-0.4, -0.2) is 44.1 Å². The van der Waals surface area contributed by atoms with Crippen LogP contribution in [0.15, 0.2) is 61.2 Å². The number of anilines is 1. The number of nitrogens with zero attached hydrogens (tertiary/aromatic N) is 2. The Morgan fingerprint density at radius 2 is 1.84 bits per heavy atom. The van der Waals surface area contributed by atoms with E-state index >= 15 is 0 Å². The van der Waals surface area contributed by atoms with Gasteiger partial charge in [0.15, 0.2) is 0 Å². The molecule has 0 saturated carbocycles. The van der Waals surface area contributed by atoms with Crippen LogP contribution >= 0.6 is 0 Å². The average Bonchev–Trinajstić information content (AvgIpc) is 3.23. The lowest BCUT2D eigenvalue weighted by Crippen LogP contribution is -2.49. The Balaban J connectivity index is 0.000000491. The van der Waals surface area contributed by atoms with Crippen molar-refractivity contribution in [3.05, 3.63) is 72.3 Å². The smallest absolute Gasteiger partial charge is 0.225 e. The van der Waals surface area contributed by atoms with Crippen molar-refractivity contribution in [1.29, 1.82) is 0 Å². The van der Waals surface area contributed by atoms with Crippen LogP contribution in [0.3, 0.4) is 0 Å². The Morgan fingerprint density at radius 3 is 2.45 bits per heavy atom. The van der Waals surface area contributed by atoms with Crippen LogP contribution in [0.2, 0.25) is 0 Å². The molecule has 2 aromatic carbocycles. The Morgan fingerprint density at radius 1 is 1.13 bits per heavy atom. The van der Waals surface area contributed by atoms with Gasteiger partial charge in [0, 0.05) is 31.9 Å². The first-order chi connectivity index (χ1) is 15.2. The maximum absolute atomic E-state index is 12.7. The van der Waals surface area contributed by atoms with E-state index in [1.54, 1.807) is 7.11 Å². The molecule has 0 aliphatic carbocycles. The molecular weight excluding hydrogens is 388 g/mol. The quantitative estimate of drug-likeness (QED) is 0.616. The number of ether oxygens (including phenoxy) is 2. The van der Waals surface area contributed by atoms with Gasteiger partial charge in [0.1, 0.15) is 5.75 Å². The van der Waals surface area contributed by atoms with Gasteiger partial charge in [0.25, 0.3) is 0 Å². The highest BCUT2D eigenvalue weighted by Crippen LogP contribution is 2.33. The van der Waals surface area contributed by atoms with Crippen LogP contribution in [0.5, 0.6) is 5.75 Å². The van der Waals surface area contributed by atoms with E-state index < -0.39 is 0 Å². The SMILES string of the molecule is C=CCCC.COc1ccc(N2CCN(C(=O)CC3OCc4ccccc43)CC2)cc1. The van der Waals surface area contributed by atoms with Gasteiger partial charge in [-0.25, -0.2) is 0 Å². The first-order valence-corrected chi connectivity index (χ1v) is 11.1. The highest BCUT2D eigenvalue weighted by atomic mass is 16.5. The number of carbonyl (C=O) groups is 1. The van der Waals surface area contributed by atoms with Crippen LogP contribution in [0, 0.1) is 0 Å². The number of fused-ring (bicyclic) bond motifs is 1. The molecule has 0 spiro atoms. The van der Waals surface area contributed by atoms with Gasteiger partial charge in [0.05, 0.1) is 26.2 Å².